The van der Waals surface area contributed by atoms with Gasteiger partial charge in [-0.05, 0) is 24.8 Å². The van der Waals surface area contributed by atoms with Gasteiger partial charge in [0.15, 0.2) is 0 Å². The molecular weight excluding hydrogens is 266 g/mol. The van der Waals surface area contributed by atoms with E-state index in [4.69, 9.17) is 10.5 Å². The van der Waals surface area contributed by atoms with Gasteiger partial charge in [-0.25, -0.2) is 12.7 Å². The molecule has 0 bridgehead atoms. The average molecular weight is 287 g/mol. The van der Waals surface area contributed by atoms with Crippen LogP contribution in [0.5, 0.6) is 0 Å². The van der Waals surface area contributed by atoms with Crippen molar-refractivity contribution in [2.24, 2.45) is 11.7 Å². The highest BCUT2D eigenvalue weighted by Gasteiger charge is 2.25. The number of nitrogens with two attached hydrogens (primary N) is 1. The predicted octanol–water partition coefficient (Wildman–Crippen LogP) is 0.521. The summed E-state index contributed by atoms with van der Waals surface area (Å²) in [5.41, 5.74) is 6.20. The van der Waals surface area contributed by atoms with Crippen LogP contribution in [-0.2, 0) is 21.3 Å². The molecule has 1 aliphatic rings. The number of rotatable bonds is 5. The van der Waals surface area contributed by atoms with Gasteiger partial charge in [0, 0.05) is 45.2 Å². The van der Waals surface area contributed by atoms with Crippen LogP contribution in [0.25, 0.3) is 0 Å². The fourth-order valence-electron chi connectivity index (χ4n) is 2.26. The van der Waals surface area contributed by atoms with E-state index in [-0.39, 0.29) is 4.90 Å². The van der Waals surface area contributed by atoms with E-state index >= 15 is 0 Å². The van der Waals surface area contributed by atoms with Gasteiger partial charge in [-0.2, -0.15) is 0 Å². The minimum Gasteiger partial charge on any atom is -0.381 e. The Morgan fingerprint density at radius 2 is 2.16 bits per heavy atom. The predicted molar refractivity (Wildman–Crippen MR) is 72.0 cm³/mol. The summed E-state index contributed by atoms with van der Waals surface area (Å²) < 4.78 is 31.4. The maximum Gasteiger partial charge on any atom is 0.244 e. The normalized spacial score (nSPS) is 18.1. The molecule has 1 fully saturated rings. The zero-order valence-electron chi connectivity index (χ0n) is 11.1. The lowest BCUT2D eigenvalue weighted by atomic mass is 10.0. The van der Waals surface area contributed by atoms with E-state index in [0.29, 0.717) is 19.0 Å². The smallest absolute Gasteiger partial charge is 0.244 e. The summed E-state index contributed by atoms with van der Waals surface area (Å²) in [4.78, 5) is 3.15. The molecule has 0 unspecified atom stereocenters. The van der Waals surface area contributed by atoms with Gasteiger partial charge in [0.1, 0.15) is 0 Å². The summed E-state index contributed by atoms with van der Waals surface area (Å²) in [7, 11) is -1.80. The molecule has 0 saturated carbocycles. The van der Waals surface area contributed by atoms with Crippen molar-refractivity contribution in [2.45, 2.75) is 24.3 Å². The molecule has 6 nitrogen and oxygen atoms in total. The second-order valence-electron chi connectivity index (χ2n) is 4.91. The van der Waals surface area contributed by atoms with Crippen LogP contribution in [0.15, 0.2) is 17.2 Å². The lowest BCUT2D eigenvalue weighted by molar-refractivity contribution is 0.0620. The summed E-state index contributed by atoms with van der Waals surface area (Å²) in [5, 5.41) is 0. The highest BCUT2D eigenvalue weighted by Crippen LogP contribution is 2.20. The van der Waals surface area contributed by atoms with Gasteiger partial charge >= 0.3 is 0 Å². The Morgan fingerprint density at radius 3 is 2.74 bits per heavy atom. The monoisotopic (exact) mass is 287 g/mol. The number of hydrogen-bond acceptors (Lipinski definition) is 4. The Balaban J connectivity index is 2.05. The number of nitrogens with zero attached hydrogens (tertiary/aromatic N) is 1. The fraction of sp³-hybridized carbons (Fsp3) is 0.667. The van der Waals surface area contributed by atoms with Crippen LogP contribution in [0.2, 0.25) is 0 Å². The molecule has 19 heavy (non-hydrogen) atoms. The number of aromatic nitrogens is 1. The average Bonchev–Trinajstić information content (AvgIpc) is 2.89. The second kappa shape index (κ2) is 6.04. The van der Waals surface area contributed by atoms with Crippen LogP contribution in [0.1, 0.15) is 18.5 Å². The Kier molecular flexibility index (Phi) is 4.62. The van der Waals surface area contributed by atoms with Gasteiger partial charge in [-0.3, -0.25) is 0 Å². The highest BCUT2D eigenvalue weighted by atomic mass is 32.2. The first kappa shape index (κ1) is 14.5. The first-order valence-corrected chi connectivity index (χ1v) is 7.89. The minimum absolute atomic E-state index is 0.280. The van der Waals surface area contributed by atoms with E-state index in [1.807, 2.05) is 0 Å². The number of sulfonamides is 1. The van der Waals surface area contributed by atoms with Crippen molar-refractivity contribution in [3.63, 3.8) is 0 Å². The number of hydrogen-bond donors (Lipinski definition) is 2. The third-order valence-corrected chi connectivity index (χ3v) is 5.30. The molecule has 0 atom stereocenters. The van der Waals surface area contributed by atoms with E-state index in [0.717, 1.165) is 31.7 Å². The molecule has 1 aromatic rings. The summed E-state index contributed by atoms with van der Waals surface area (Å²) in [6.45, 7) is 2.29. The molecule has 1 saturated heterocycles. The van der Waals surface area contributed by atoms with Gasteiger partial charge in [0.2, 0.25) is 10.0 Å². The van der Waals surface area contributed by atoms with E-state index in [2.05, 4.69) is 4.98 Å². The van der Waals surface area contributed by atoms with Gasteiger partial charge in [0.05, 0.1) is 4.90 Å². The zero-order valence-corrected chi connectivity index (χ0v) is 11.9. The topological polar surface area (TPSA) is 88.4 Å². The number of aromatic amines is 1. The minimum atomic E-state index is -3.42. The van der Waals surface area contributed by atoms with Crippen molar-refractivity contribution in [1.82, 2.24) is 9.29 Å². The summed E-state index contributed by atoms with van der Waals surface area (Å²) >= 11 is 0. The number of nitrogens with one attached hydrogen (secondary N) is 1. The number of ether oxygens (including phenoxy) is 1. The van der Waals surface area contributed by atoms with Crippen molar-refractivity contribution < 1.29 is 13.2 Å². The molecular formula is C12H21N3O3S. The number of H-pyrrole nitrogens is 1. The Morgan fingerprint density at radius 1 is 1.47 bits per heavy atom. The molecule has 108 valence electrons. The maximum atomic E-state index is 12.4. The molecule has 2 heterocycles. The molecule has 0 radical (unpaired) electrons. The second-order valence-corrected chi connectivity index (χ2v) is 6.95. The maximum absolute atomic E-state index is 12.4. The Bertz CT molecular complexity index is 506. The Labute approximate surface area is 114 Å². The van der Waals surface area contributed by atoms with Crippen molar-refractivity contribution in [1.29, 1.82) is 0 Å². The van der Waals surface area contributed by atoms with Gasteiger partial charge < -0.3 is 15.5 Å². The van der Waals surface area contributed by atoms with E-state index in [1.165, 1.54) is 10.5 Å². The molecule has 0 spiro atoms. The lowest BCUT2D eigenvalue weighted by Crippen LogP contribution is -2.34. The summed E-state index contributed by atoms with van der Waals surface area (Å²) in [6, 6.07) is 1.59. The van der Waals surface area contributed by atoms with E-state index in [9.17, 15) is 8.42 Å². The molecule has 1 aliphatic heterocycles. The van der Waals surface area contributed by atoms with Crippen molar-refractivity contribution in [3.05, 3.63) is 18.0 Å². The standard InChI is InChI=1S/C12H21N3O3S/c1-15(9-10-2-4-18-5-3-10)19(16,17)12-6-11(7-13)14-8-12/h6,8,10,14H,2-5,7,9,13H2,1H3. The van der Waals surface area contributed by atoms with Gasteiger partial charge in [-0.15, -0.1) is 0 Å². The van der Waals surface area contributed by atoms with Crippen LogP contribution in [0, 0.1) is 5.92 Å². The molecule has 1 aromatic heterocycles. The molecule has 7 heteroatoms. The van der Waals surface area contributed by atoms with Gasteiger partial charge in [-0.1, -0.05) is 0 Å². The van der Waals surface area contributed by atoms with Crippen LogP contribution in [0.3, 0.4) is 0 Å². The molecule has 0 aliphatic carbocycles. The van der Waals surface area contributed by atoms with E-state index < -0.39 is 10.0 Å². The quantitative estimate of drug-likeness (QED) is 0.826. The molecule has 0 aromatic carbocycles. The van der Waals surface area contributed by atoms with E-state index in [1.54, 1.807) is 13.1 Å². The van der Waals surface area contributed by atoms with Crippen molar-refractivity contribution >= 4 is 10.0 Å². The van der Waals surface area contributed by atoms with Crippen LogP contribution in [-0.4, -0.2) is 44.5 Å². The third-order valence-electron chi connectivity index (χ3n) is 3.50. The first-order valence-electron chi connectivity index (χ1n) is 6.45. The van der Waals surface area contributed by atoms with Crippen LogP contribution >= 0.6 is 0 Å². The SMILES string of the molecule is CN(CC1CCOCC1)S(=O)(=O)c1c[nH]c(CN)c1. The summed E-state index contributed by atoms with van der Waals surface area (Å²) in [5.74, 6) is 0.376. The third kappa shape index (κ3) is 3.36. The molecule has 3 N–H and O–H groups in total. The Hall–Kier alpha value is -0.890. The molecule has 2 rings (SSSR count). The molecule has 0 amide bonds. The van der Waals surface area contributed by atoms with Crippen LogP contribution < -0.4 is 5.73 Å². The van der Waals surface area contributed by atoms with Crippen LogP contribution in [0.4, 0.5) is 0 Å². The fourth-order valence-corrected chi connectivity index (χ4v) is 3.52. The lowest BCUT2D eigenvalue weighted by Gasteiger charge is -2.26. The van der Waals surface area contributed by atoms with Crippen molar-refractivity contribution in [3.8, 4) is 0 Å². The van der Waals surface area contributed by atoms with Crippen molar-refractivity contribution in [2.75, 3.05) is 26.8 Å². The summed E-state index contributed by atoms with van der Waals surface area (Å²) in [6.07, 6.45) is 3.33. The highest BCUT2D eigenvalue weighted by molar-refractivity contribution is 7.89. The largest absolute Gasteiger partial charge is 0.381 e. The zero-order chi connectivity index (χ0) is 13.9. The van der Waals surface area contributed by atoms with Gasteiger partial charge in [0.25, 0.3) is 0 Å². The first-order chi connectivity index (χ1) is 9.04.